The van der Waals surface area contributed by atoms with Gasteiger partial charge in [-0.05, 0) is 23.1 Å². The van der Waals surface area contributed by atoms with E-state index in [1.54, 1.807) is 0 Å². The molecule has 0 spiro atoms. The molecule has 0 aliphatic heterocycles. The van der Waals surface area contributed by atoms with Crippen molar-refractivity contribution in [3.05, 3.63) is 77.4 Å². The van der Waals surface area contributed by atoms with Crippen LogP contribution in [0.3, 0.4) is 0 Å². The van der Waals surface area contributed by atoms with E-state index in [1.165, 1.54) is 23.1 Å². The van der Waals surface area contributed by atoms with Gasteiger partial charge in [0.05, 0.1) is 0 Å². The topological polar surface area (TPSA) is 12.0 Å². The van der Waals surface area contributed by atoms with Gasteiger partial charge in [-0.3, -0.25) is 0 Å². The predicted octanol–water partition coefficient (Wildman–Crippen LogP) is 3.63. The smallest absolute Gasteiger partial charge is 0.0138 e. The molecule has 1 atom stereocenters. The van der Waals surface area contributed by atoms with Crippen LogP contribution in [0.25, 0.3) is 6.08 Å². The van der Waals surface area contributed by atoms with Gasteiger partial charge in [0.1, 0.15) is 0 Å². The highest BCUT2D eigenvalue weighted by molar-refractivity contribution is 5.48. The lowest BCUT2D eigenvalue weighted by Crippen LogP contribution is -2.29. The van der Waals surface area contributed by atoms with E-state index >= 15 is 0 Å². The third-order valence-electron chi connectivity index (χ3n) is 3.72. The van der Waals surface area contributed by atoms with Crippen LogP contribution in [-0.4, -0.2) is 13.1 Å². The van der Waals surface area contributed by atoms with Crippen LogP contribution in [0, 0.1) is 0 Å². The molecule has 2 aromatic carbocycles. The third kappa shape index (κ3) is 2.94. The summed E-state index contributed by atoms with van der Waals surface area (Å²) in [6.07, 6.45) is 5.59. The second-order valence-electron chi connectivity index (χ2n) is 5.07. The van der Waals surface area contributed by atoms with Gasteiger partial charge in [0.25, 0.3) is 0 Å². The number of benzene rings is 2. The van der Waals surface area contributed by atoms with E-state index in [9.17, 15) is 0 Å². The highest BCUT2D eigenvalue weighted by Gasteiger charge is 2.24. The van der Waals surface area contributed by atoms with E-state index in [1.807, 2.05) is 6.07 Å². The third-order valence-corrected chi connectivity index (χ3v) is 3.72. The molecule has 3 rings (SSSR count). The van der Waals surface area contributed by atoms with Gasteiger partial charge in [0.15, 0.2) is 0 Å². The Balaban J connectivity index is 1.42. The first kappa shape index (κ1) is 12.2. The maximum atomic E-state index is 3.51. The number of nitrogens with one attached hydrogen (secondary N) is 1. The van der Waals surface area contributed by atoms with Crippen LogP contribution in [-0.2, 0) is 6.42 Å². The summed E-state index contributed by atoms with van der Waals surface area (Å²) < 4.78 is 0. The lowest BCUT2D eigenvalue weighted by Gasteiger charge is -2.30. The van der Waals surface area contributed by atoms with Crippen molar-refractivity contribution in [1.82, 2.24) is 5.32 Å². The Morgan fingerprint density at radius 2 is 1.79 bits per heavy atom. The van der Waals surface area contributed by atoms with Crippen LogP contribution < -0.4 is 5.32 Å². The quantitative estimate of drug-likeness (QED) is 0.798. The molecule has 0 saturated heterocycles. The summed E-state index contributed by atoms with van der Waals surface area (Å²) in [7, 11) is 0. The van der Waals surface area contributed by atoms with Crippen molar-refractivity contribution in [2.75, 3.05) is 13.1 Å². The van der Waals surface area contributed by atoms with Crippen molar-refractivity contribution in [1.29, 1.82) is 0 Å². The van der Waals surface area contributed by atoms with Crippen molar-refractivity contribution in [2.45, 2.75) is 12.3 Å². The van der Waals surface area contributed by atoms with Gasteiger partial charge in [-0.1, -0.05) is 66.7 Å². The largest absolute Gasteiger partial charge is 0.313 e. The highest BCUT2D eigenvalue weighted by Crippen LogP contribution is 2.33. The van der Waals surface area contributed by atoms with Crippen molar-refractivity contribution in [2.24, 2.45) is 0 Å². The first-order valence-corrected chi connectivity index (χ1v) is 6.93. The summed E-state index contributed by atoms with van der Waals surface area (Å²) >= 11 is 0. The summed E-state index contributed by atoms with van der Waals surface area (Å²) in [6.45, 7) is 2.02. The van der Waals surface area contributed by atoms with Gasteiger partial charge in [-0.2, -0.15) is 0 Å². The zero-order chi connectivity index (χ0) is 12.9. The molecule has 0 bridgehead atoms. The summed E-state index contributed by atoms with van der Waals surface area (Å²) in [6, 6.07) is 19.2. The lowest BCUT2D eigenvalue weighted by molar-refractivity contribution is 0.555. The second-order valence-corrected chi connectivity index (χ2v) is 5.07. The lowest BCUT2D eigenvalue weighted by atomic mass is 9.78. The Labute approximate surface area is 115 Å². The van der Waals surface area contributed by atoms with E-state index < -0.39 is 0 Å². The number of rotatable bonds is 5. The van der Waals surface area contributed by atoms with Crippen LogP contribution >= 0.6 is 0 Å². The maximum absolute atomic E-state index is 3.51. The van der Waals surface area contributed by atoms with E-state index in [-0.39, 0.29) is 0 Å². The Morgan fingerprint density at radius 3 is 2.63 bits per heavy atom. The van der Waals surface area contributed by atoms with E-state index in [0.29, 0.717) is 5.92 Å². The SMILES string of the molecule is C(=Cc1ccccc1)CNCC1Cc2ccccc21. The molecule has 1 unspecified atom stereocenters. The van der Waals surface area contributed by atoms with Gasteiger partial charge >= 0.3 is 0 Å². The monoisotopic (exact) mass is 249 g/mol. The van der Waals surface area contributed by atoms with Crippen molar-refractivity contribution < 1.29 is 0 Å². The molecule has 1 aliphatic rings. The minimum absolute atomic E-state index is 0.710. The van der Waals surface area contributed by atoms with Crippen LogP contribution in [0.5, 0.6) is 0 Å². The molecule has 1 nitrogen and oxygen atoms in total. The first-order chi connectivity index (χ1) is 9.43. The minimum Gasteiger partial charge on any atom is -0.313 e. The first-order valence-electron chi connectivity index (χ1n) is 6.93. The summed E-state index contributed by atoms with van der Waals surface area (Å²) in [5, 5.41) is 3.51. The molecule has 19 heavy (non-hydrogen) atoms. The Kier molecular flexibility index (Phi) is 3.75. The molecule has 0 fully saturated rings. The Hall–Kier alpha value is -1.86. The minimum atomic E-state index is 0.710. The fraction of sp³-hybridized carbons (Fsp3) is 0.222. The van der Waals surface area contributed by atoms with E-state index in [4.69, 9.17) is 0 Å². The molecule has 0 radical (unpaired) electrons. The van der Waals surface area contributed by atoms with E-state index in [0.717, 1.165) is 13.1 Å². The van der Waals surface area contributed by atoms with Gasteiger partial charge in [-0.25, -0.2) is 0 Å². The molecular weight excluding hydrogens is 230 g/mol. The average molecular weight is 249 g/mol. The molecular formula is C18H19N. The molecule has 1 N–H and O–H groups in total. The van der Waals surface area contributed by atoms with Gasteiger partial charge in [0, 0.05) is 19.0 Å². The van der Waals surface area contributed by atoms with Crippen molar-refractivity contribution in [3.8, 4) is 0 Å². The normalized spacial score (nSPS) is 17.2. The summed E-state index contributed by atoms with van der Waals surface area (Å²) in [4.78, 5) is 0. The molecule has 1 heteroatoms. The molecule has 2 aromatic rings. The van der Waals surface area contributed by atoms with Crippen molar-refractivity contribution >= 4 is 6.08 Å². The van der Waals surface area contributed by atoms with Crippen LogP contribution in [0.4, 0.5) is 0 Å². The molecule has 96 valence electrons. The van der Waals surface area contributed by atoms with Crippen LogP contribution in [0.1, 0.15) is 22.6 Å². The Bertz CT molecular complexity index is 557. The highest BCUT2D eigenvalue weighted by atomic mass is 14.9. The molecule has 0 heterocycles. The second kappa shape index (κ2) is 5.85. The molecule has 0 amide bonds. The van der Waals surface area contributed by atoms with Crippen LogP contribution in [0.15, 0.2) is 60.7 Å². The van der Waals surface area contributed by atoms with Gasteiger partial charge in [0.2, 0.25) is 0 Å². The fourth-order valence-corrected chi connectivity index (χ4v) is 2.64. The zero-order valence-electron chi connectivity index (χ0n) is 11.0. The zero-order valence-corrected chi connectivity index (χ0v) is 11.0. The fourth-order valence-electron chi connectivity index (χ4n) is 2.64. The number of fused-ring (bicyclic) bond motifs is 1. The average Bonchev–Trinajstić information content (AvgIpc) is 2.44. The summed E-state index contributed by atoms with van der Waals surface area (Å²) in [5.74, 6) is 0.710. The molecule has 0 saturated carbocycles. The summed E-state index contributed by atoms with van der Waals surface area (Å²) in [5.41, 5.74) is 4.31. The van der Waals surface area contributed by atoms with Gasteiger partial charge in [-0.15, -0.1) is 0 Å². The van der Waals surface area contributed by atoms with Gasteiger partial charge < -0.3 is 5.32 Å². The Morgan fingerprint density at radius 1 is 1.00 bits per heavy atom. The standard InChI is InChI=1S/C18H19N/c1-2-7-15(8-3-1)9-6-12-19-14-17-13-16-10-4-5-11-18(16)17/h1-11,17,19H,12-14H2. The van der Waals surface area contributed by atoms with Crippen molar-refractivity contribution in [3.63, 3.8) is 0 Å². The maximum Gasteiger partial charge on any atom is 0.0138 e. The van der Waals surface area contributed by atoms with E-state index in [2.05, 4.69) is 66.0 Å². The molecule has 1 aliphatic carbocycles. The van der Waals surface area contributed by atoms with Crippen LogP contribution in [0.2, 0.25) is 0 Å². The molecule has 0 aromatic heterocycles. The number of hydrogen-bond donors (Lipinski definition) is 1. The number of hydrogen-bond acceptors (Lipinski definition) is 1. The predicted molar refractivity (Wildman–Crippen MR) is 81.2 cm³/mol.